The van der Waals surface area contributed by atoms with Crippen molar-refractivity contribution in [1.82, 2.24) is 19.9 Å². The van der Waals surface area contributed by atoms with Crippen LogP contribution in [0.4, 0.5) is 5.13 Å². The Hall–Kier alpha value is -2.41. The summed E-state index contributed by atoms with van der Waals surface area (Å²) in [6.07, 6.45) is 1.82. The Morgan fingerprint density at radius 2 is 2.33 bits per heavy atom. The third kappa shape index (κ3) is 2.59. The number of aryl methyl sites for hydroxylation is 1. The Labute approximate surface area is 125 Å². The van der Waals surface area contributed by atoms with Gasteiger partial charge >= 0.3 is 0 Å². The molecule has 3 heterocycles. The number of carbonyl (C=O) groups excluding carboxylic acids is 1. The SMILES string of the molecule is Cc1cccn2nc(C(=O)NC(C)c3csc(N)n3)cc12. The summed E-state index contributed by atoms with van der Waals surface area (Å²) < 4.78 is 1.70. The smallest absolute Gasteiger partial charge is 0.272 e. The molecule has 0 aliphatic rings. The minimum Gasteiger partial charge on any atom is -0.375 e. The minimum atomic E-state index is -0.225. The van der Waals surface area contributed by atoms with Crippen molar-refractivity contribution in [3.05, 3.63) is 46.7 Å². The molecule has 0 bridgehead atoms. The summed E-state index contributed by atoms with van der Waals surface area (Å²) in [4.78, 5) is 16.4. The molecule has 3 aromatic rings. The van der Waals surface area contributed by atoms with Crippen LogP contribution < -0.4 is 11.1 Å². The predicted molar refractivity (Wildman–Crippen MR) is 82.3 cm³/mol. The van der Waals surface area contributed by atoms with Crippen LogP contribution in [0.15, 0.2) is 29.8 Å². The van der Waals surface area contributed by atoms with E-state index in [-0.39, 0.29) is 11.9 Å². The van der Waals surface area contributed by atoms with Gasteiger partial charge in [0.25, 0.3) is 5.91 Å². The molecule has 1 amide bonds. The number of anilines is 1. The van der Waals surface area contributed by atoms with E-state index in [0.29, 0.717) is 10.8 Å². The van der Waals surface area contributed by atoms with Gasteiger partial charge in [-0.15, -0.1) is 11.3 Å². The lowest BCUT2D eigenvalue weighted by Gasteiger charge is -2.09. The molecule has 1 unspecified atom stereocenters. The average molecular weight is 301 g/mol. The van der Waals surface area contributed by atoms with E-state index in [1.807, 2.05) is 37.6 Å². The van der Waals surface area contributed by atoms with Crippen molar-refractivity contribution in [2.75, 3.05) is 5.73 Å². The minimum absolute atomic E-state index is 0.211. The Bertz CT molecular complexity index is 807. The number of hydrogen-bond acceptors (Lipinski definition) is 5. The highest BCUT2D eigenvalue weighted by molar-refractivity contribution is 7.13. The van der Waals surface area contributed by atoms with Gasteiger partial charge in [-0.05, 0) is 31.5 Å². The largest absolute Gasteiger partial charge is 0.375 e. The van der Waals surface area contributed by atoms with Gasteiger partial charge < -0.3 is 11.1 Å². The molecule has 0 saturated heterocycles. The lowest BCUT2D eigenvalue weighted by atomic mass is 10.2. The summed E-state index contributed by atoms with van der Waals surface area (Å²) >= 11 is 1.36. The third-order valence-corrected chi connectivity index (χ3v) is 3.97. The van der Waals surface area contributed by atoms with Crippen LogP contribution in [0, 0.1) is 6.92 Å². The standard InChI is InChI=1S/C14H15N5OS/c1-8-4-3-5-19-12(8)6-10(18-19)13(20)16-9(2)11-7-21-14(15)17-11/h3-7,9H,1-2H3,(H2,15,17)(H,16,20). The zero-order valence-electron chi connectivity index (χ0n) is 11.7. The first kappa shape index (κ1) is 13.6. The van der Waals surface area contributed by atoms with Gasteiger partial charge in [-0.3, -0.25) is 4.79 Å². The van der Waals surface area contributed by atoms with Gasteiger partial charge in [-0.25, -0.2) is 9.50 Å². The maximum atomic E-state index is 12.3. The lowest BCUT2D eigenvalue weighted by molar-refractivity contribution is 0.0934. The molecule has 0 radical (unpaired) electrons. The van der Waals surface area contributed by atoms with Gasteiger partial charge in [0.2, 0.25) is 0 Å². The number of rotatable bonds is 3. The molecule has 0 saturated carbocycles. The van der Waals surface area contributed by atoms with E-state index in [4.69, 9.17) is 5.73 Å². The van der Waals surface area contributed by atoms with E-state index in [9.17, 15) is 4.79 Å². The summed E-state index contributed by atoms with van der Waals surface area (Å²) in [5, 5.41) is 9.50. The highest BCUT2D eigenvalue weighted by Crippen LogP contribution is 2.18. The van der Waals surface area contributed by atoms with Crippen molar-refractivity contribution < 1.29 is 4.79 Å². The number of fused-ring (bicyclic) bond motifs is 1. The van der Waals surface area contributed by atoms with Crippen LogP contribution in [0.2, 0.25) is 0 Å². The number of carbonyl (C=O) groups is 1. The monoisotopic (exact) mass is 301 g/mol. The fourth-order valence-electron chi connectivity index (χ4n) is 2.11. The number of pyridine rings is 1. The zero-order chi connectivity index (χ0) is 15.0. The lowest BCUT2D eigenvalue weighted by Crippen LogP contribution is -2.27. The van der Waals surface area contributed by atoms with E-state index in [1.54, 1.807) is 10.6 Å². The van der Waals surface area contributed by atoms with E-state index >= 15 is 0 Å². The van der Waals surface area contributed by atoms with Crippen LogP contribution in [0.3, 0.4) is 0 Å². The fraction of sp³-hybridized carbons (Fsp3) is 0.214. The molecule has 0 aliphatic heterocycles. The van der Waals surface area contributed by atoms with Crippen LogP contribution in [-0.2, 0) is 0 Å². The number of nitrogens with two attached hydrogens (primary N) is 1. The highest BCUT2D eigenvalue weighted by Gasteiger charge is 2.16. The van der Waals surface area contributed by atoms with E-state index < -0.39 is 0 Å². The molecular formula is C14H15N5OS. The van der Waals surface area contributed by atoms with Gasteiger partial charge in [0.15, 0.2) is 10.8 Å². The van der Waals surface area contributed by atoms with E-state index in [2.05, 4.69) is 15.4 Å². The van der Waals surface area contributed by atoms with Crippen LogP contribution in [0.1, 0.15) is 34.7 Å². The molecular weight excluding hydrogens is 286 g/mol. The average Bonchev–Trinajstić information content (AvgIpc) is 3.05. The van der Waals surface area contributed by atoms with Crippen LogP contribution in [-0.4, -0.2) is 20.5 Å². The van der Waals surface area contributed by atoms with Gasteiger partial charge in [0.1, 0.15) is 0 Å². The van der Waals surface area contributed by atoms with Crippen molar-refractivity contribution in [2.45, 2.75) is 19.9 Å². The highest BCUT2D eigenvalue weighted by atomic mass is 32.1. The normalized spacial score (nSPS) is 12.5. The molecule has 3 rings (SSSR count). The molecule has 108 valence electrons. The van der Waals surface area contributed by atoms with Crippen molar-refractivity contribution in [1.29, 1.82) is 0 Å². The number of nitrogens with zero attached hydrogens (tertiary/aromatic N) is 3. The second-order valence-electron chi connectivity index (χ2n) is 4.86. The number of thiazole rings is 1. The second-order valence-corrected chi connectivity index (χ2v) is 5.75. The van der Waals surface area contributed by atoms with Gasteiger partial charge in [0, 0.05) is 11.6 Å². The Morgan fingerprint density at radius 1 is 1.52 bits per heavy atom. The maximum absolute atomic E-state index is 12.3. The van der Waals surface area contributed by atoms with Crippen LogP contribution in [0.5, 0.6) is 0 Å². The summed E-state index contributed by atoms with van der Waals surface area (Å²) in [7, 11) is 0. The molecule has 3 N–H and O–H groups in total. The fourth-order valence-corrected chi connectivity index (χ4v) is 2.77. The molecule has 0 aromatic carbocycles. The third-order valence-electron chi connectivity index (χ3n) is 3.28. The first-order chi connectivity index (χ1) is 10.0. The molecule has 3 aromatic heterocycles. The number of nitrogen functional groups attached to an aromatic ring is 1. The summed E-state index contributed by atoms with van der Waals surface area (Å²) in [6, 6.07) is 5.46. The molecule has 1 atom stereocenters. The quantitative estimate of drug-likeness (QED) is 0.776. The molecule has 0 fully saturated rings. The number of aromatic nitrogens is 3. The van der Waals surface area contributed by atoms with Gasteiger partial charge in [-0.2, -0.15) is 5.10 Å². The van der Waals surface area contributed by atoms with E-state index in [0.717, 1.165) is 16.8 Å². The predicted octanol–water partition coefficient (Wildman–Crippen LogP) is 2.17. The van der Waals surface area contributed by atoms with Crippen LogP contribution in [0.25, 0.3) is 5.52 Å². The maximum Gasteiger partial charge on any atom is 0.272 e. The summed E-state index contributed by atoms with van der Waals surface area (Å²) in [6.45, 7) is 3.85. The Kier molecular flexibility index (Phi) is 3.34. The Morgan fingerprint density at radius 3 is 3.00 bits per heavy atom. The Balaban J connectivity index is 1.82. The van der Waals surface area contributed by atoms with Gasteiger partial charge in [0.05, 0.1) is 17.3 Å². The van der Waals surface area contributed by atoms with Gasteiger partial charge in [-0.1, -0.05) is 6.07 Å². The molecule has 21 heavy (non-hydrogen) atoms. The zero-order valence-corrected chi connectivity index (χ0v) is 12.5. The van der Waals surface area contributed by atoms with E-state index in [1.165, 1.54) is 11.3 Å². The molecule has 0 aliphatic carbocycles. The summed E-state index contributed by atoms with van der Waals surface area (Å²) in [5.41, 5.74) is 8.75. The molecule has 0 spiro atoms. The molecule has 6 nitrogen and oxygen atoms in total. The van der Waals surface area contributed by atoms with Crippen molar-refractivity contribution >= 4 is 27.9 Å². The number of nitrogens with one attached hydrogen (secondary N) is 1. The number of amides is 1. The number of hydrogen-bond donors (Lipinski definition) is 2. The van der Waals surface area contributed by atoms with Crippen LogP contribution >= 0.6 is 11.3 Å². The summed E-state index contributed by atoms with van der Waals surface area (Å²) in [5.74, 6) is -0.225. The van der Waals surface area contributed by atoms with Crippen molar-refractivity contribution in [3.8, 4) is 0 Å². The first-order valence-electron chi connectivity index (χ1n) is 6.51. The van der Waals surface area contributed by atoms with Crippen molar-refractivity contribution in [2.24, 2.45) is 0 Å². The first-order valence-corrected chi connectivity index (χ1v) is 7.39. The molecule has 7 heteroatoms. The second kappa shape index (κ2) is 5.17. The van der Waals surface area contributed by atoms with Crippen molar-refractivity contribution in [3.63, 3.8) is 0 Å². The topological polar surface area (TPSA) is 85.3 Å².